The number of benzene rings is 3. The van der Waals surface area contributed by atoms with Crippen LogP contribution in [0.2, 0.25) is 0 Å². The van der Waals surface area contributed by atoms with Gasteiger partial charge >= 0.3 is 18.0 Å². The highest BCUT2D eigenvalue weighted by Crippen LogP contribution is 2.36. The van der Waals surface area contributed by atoms with Gasteiger partial charge in [-0.25, -0.2) is 5.43 Å². The molecular weight excluding hydrogens is 597 g/mol. The van der Waals surface area contributed by atoms with Gasteiger partial charge in [-0.05, 0) is 82.9 Å². The number of amides is 3. The highest BCUT2D eigenvalue weighted by molar-refractivity contribution is 9.10. The number of nitrogens with one attached hydrogen (secondary N) is 3. The molecule has 0 atom stereocenters. The molecule has 0 aromatic heterocycles. The SMILES string of the molecule is COc1cc(/C=N\NC(=O)C(=O)Nc2cccc(C)c2C)cc(Br)c1OCC(=O)Nc1cccc(C(F)(F)F)c1. The van der Waals surface area contributed by atoms with Crippen molar-refractivity contribution >= 4 is 51.2 Å². The molecule has 0 saturated carbocycles. The van der Waals surface area contributed by atoms with Crippen molar-refractivity contribution in [2.45, 2.75) is 20.0 Å². The standard InChI is InChI=1S/C27H24BrF3N4O5/c1-15-6-4-9-21(16(15)2)34-25(37)26(38)35-32-13-17-10-20(28)24(22(11-17)39-3)40-14-23(36)33-19-8-5-7-18(12-19)27(29,30)31/h4-13H,14H2,1-3H3,(H,33,36)(H,34,37)(H,35,38)/b32-13-. The molecule has 0 aliphatic rings. The van der Waals surface area contributed by atoms with Gasteiger partial charge in [0.2, 0.25) is 0 Å². The number of ether oxygens (including phenoxy) is 2. The third kappa shape index (κ3) is 8.06. The molecule has 0 fully saturated rings. The van der Waals surface area contributed by atoms with E-state index in [1.165, 1.54) is 31.5 Å². The van der Waals surface area contributed by atoms with Crippen LogP contribution < -0.4 is 25.5 Å². The van der Waals surface area contributed by atoms with E-state index in [1.807, 2.05) is 19.9 Å². The molecule has 0 bridgehead atoms. The molecule has 3 aromatic carbocycles. The van der Waals surface area contributed by atoms with Crippen molar-refractivity contribution in [1.29, 1.82) is 0 Å². The summed E-state index contributed by atoms with van der Waals surface area (Å²) in [5.41, 5.74) is 3.95. The molecule has 0 unspecified atom stereocenters. The van der Waals surface area contributed by atoms with Gasteiger partial charge in [0.25, 0.3) is 5.91 Å². The van der Waals surface area contributed by atoms with E-state index in [4.69, 9.17) is 9.47 Å². The van der Waals surface area contributed by atoms with E-state index in [9.17, 15) is 27.6 Å². The summed E-state index contributed by atoms with van der Waals surface area (Å²) in [5, 5.41) is 8.67. The van der Waals surface area contributed by atoms with Crippen molar-refractivity contribution in [2.24, 2.45) is 5.10 Å². The zero-order chi connectivity index (χ0) is 29.4. The smallest absolute Gasteiger partial charge is 0.416 e. The topological polar surface area (TPSA) is 118 Å². The summed E-state index contributed by atoms with van der Waals surface area (Å²) in [6, 6.07) is 12.6. The molecule has 0 aliphatic heterocycles. The number of alkyl halides is 3. The summed E-state index contributed by atoms with van der Waals surface area (Å²) < 4.78 is 49.8. The fraction of sp³-hybridized carbons (Fsp3) is 0.185. The Morgan fingerprint density at radius 2 is 1.73 bits per heavy atom. The molecule has 210 valence electrons. The minimum atomic E-state index is -4.55. The van der Waals surface area contributed by atoms with E-state index in [2.05, 4.69) is 37.1 Å². The molecule has 0 saturated heterocycles. The maximum atomic E-state index is 12.9. The van der Waals surface area contributed by atoms with Crippen LogP contribution in [0.3, 0.4) is 0 Å². The van der Waals surface area contributed by atoms with Crippen molar-refractivity contribution in [3.63, 3.8) is 0 Å². The molecule has 40 heavy (non-hydrogen) atoms. The van der Waals surface area contributed by atoms with Crippen molar-refractivity contribution < 1.29 is 37.0 Å². The quantitative estimate of drug-likeness (QED) is 0.182. The van der Waals surface area contributed by atoms with Crippen molar-refractivity contribution in [2.75, 3.05) is 24.4 Å². The van der Waals surface area contributed by atoms with Crippen molar-refractivity contribution in [1.82, 2.24) is 5.43 Å². The van der Waals surface area contributed by atoms with Gasteiger partial charge in [-0.1, -0.05) is 18.2 Å². The molecule has 0 spiro atoms. The van der Waals surface area contributed by atoms with Gasteiger partial charge in [0, 0.05) is 11.4 Å². The minimum Gasteiger partial charge on any atom is -0.493 e. The summed E-state index contributed by atoms with van der Waals surface area (Å²) in [4.78, 5) is 36.6. The van der Waals surface area contributed by atoms with E-state index in [0.717, 1.165) is 23.3 Å². The molecule has 9 nitrogen and oxygen atoms in total. The largest absolute Gasteiger partial charge is 0.493 e. The minimum absolute atomic E-state index is 0.0363. The highest BCUT2D eigenvalue weighted by atomic mass is 79.9. The van der Waals surface area contributed by atoms with Crippen LogP contribution in [0.25, 0.3) is 0 Å². The summed E-state index contributed by atoms with van der Waals surface area (Å²) in [6.07, 6.45) is -3.28. The number of carbonyl (C=O) groups excluding carboxylic acids is 3. The Morgan fingerprint density at radius 3 is 2.42 bits per heavy atom. The van der Waals surface area contributed by atoms with Crippen LogP contribution >= 0.6 is 15.9 Å². The fourth-order valence-electron chi connectivity index (χ4n) is 3.34. The van der Waals surface area contributed by atoms with Crippen LogP contribution in [0.1, 0.15) is 22.3 Å². The van der Waals surface area contributed by atoms with E-state index in [-0.39, 0.29) is 17.2 Å². The molecule has 0 aliphatic carbocycles. The van der Waals surface area contributed by atoms with Gasteiger partial charge in [-0.15, -0.1) is 0 Å². The number of aryl methyl sites for hydroxylation is 1. The predicted octanol–water partition coefficient (Wildman–Crippen LogP) is 5.20. The number of methoxy groups -OCH3 is 1. The van der Waals surface area contributed by atoms with E-state index in [1.54, 1.807) is 18.2 Å². The van der Waals surface area contributed by atoms with Gasteiger partial charge < -0.3 is 20.1 Å². The summed E-state index contributed by atoms with van der Waals surface area (Å²) >= 11 is 3.31. The lowest BCUT2D eigenvalue weighted by Gasteiger charge is -2.14. The summed E-state index contributed by atoms with van der Waals surface area (Å²) in [6.45, 7) is 3.18. The average molecular weight is 621 g/mol. The van der Waals surface area contributed by atoms with E-state index in [0.29, 0.717) is 15.7 Å². The first kappa shape index (κ1) is 30.2. The highest BCUT2D eigenvalue weighted by Gasteiger charge is 2.30. The predicted molar refractivity (Wildman–Crippen MR) is 147 cm³/mol. The number of hydrogen-bond acceptors (Lipinski definition) is 6. The van der Waals surface area contributed by atoms with Gasteiger partial charge in [0.1, 0.15) is 0 Å². The Bertz CT molecular complexity index is 1460. The third-order valence-corrected chi connectivity index (χ3v) is 6.10. The number of hydrogen-bond donors (Lipinski definition) is 3. The molecule has 0 heterocycles. The lowest BCUT2D eigenvalue weighted by atomic mass is 10.1. The Labute approximate surface area is 235 Å². The summed E-state index contributed by atoms with van der Waals surface area (Å²) in [5.74, 6) is -2.22. The molecule has 3 amide bonds. The number of rotatable bonds is 8. The number of anilines is 2. The second-order valence-corrected chi connectivity index (χ2v) is 9.20. The Balaban J connectivity index is 1.60. The lowest BCUT2D eigenvalue weighted by Crippen LogP contribution is -2.32. The maximum Gasteiger partial charge on any atom is 0.416 e. The summed E-state index contributed by atoms with van der Waals surface area (Å²) in [7, 11) is 1.36. The zero-order valence-corrected chi connectivity index (χ0v) is 23.1. The monoisotopic (exact) mass is 620 g/mol. The number of halogens is 4. The van der Waals surface area contributed by atoms with Gasteiger partial charge in [0.05, 0.1) is 23.4 Å². The average Bonchev–Trinajstić information content (AvgIpc) is 2.90. The number of hydrazone groups is 1. The third-order valence-electron chi connectivity index (χ3n) is 5.51. The second kappa shape index (κ2) is 13.1. The Hall–Kier alpha value is -4.39. The van der Waals surface area contributed by atoms with Gasteiger partial charge in [0.15, 0.2) is 18.1 Å². The van der Waals surface area contributed by atoms with Gasteiger partial charge in [-0.2, -0.15) is 18.3 Å². The van der Waals surface area contributed by atoms with Crippen LogP contribution in [-0.4, -0.2) is 37.7 Å². The second-order valence-electron chi connectivity index (χ2n) is 8.35. The first-order chi connectivity index (χ1) is 18.9. The normalized spacial score (nSPS) is 11.2. The fourth-order valence-corrected chi connectivity index (χ4v) is 3.92. The van der Waals surface area contributed by atoms with Crippen molar-refractivity contribution in [3.05, 3.63) is 81.3 Å². The molecule has 3 N–H and O–H groups in total. The maximum absolute atomic E-state index is 12.9. The molecule has 13 heteroatoms. The first-order valence-electron chi connectivity index (χ1n) is 11.6. The van der Waals surface area contributed by atoms with Crippen LogP contribution in [0, 0.1) is 13.8 Å². The molecule has 3 aromatic rings. The van der Waals surface area contributed by atoms with Crippen LogP contribution in [0.4, 0.5) is 24.5 Å². The molecular formula is C27H24BrF3N4O5. The van der Waals surface area contributed by atoms with E-state index < -0.39 is 36.1 Å². The molecule has 0 radical (unpaired) electrons. The first-order valence-corrected chi connectivity index (χ1v) is 12.4. The van der Waals surface area contributed by atoms with Crippen molar-refractivity contribution in [3.8, 4) is 11.5 Å². The molecule has 3 rings (SSSR count). The number of nitrogens with zero attached hydrogens (tertiary/aromatic N) is 1. The number of carbonyl (C=O) groups is 3. The zero-order valence-electron chi connectivity index (χ0n) is 21.5. The van der Waals surface area contributed by atoms with Gasteiger partial charge in [-0.3, -0.25) is 14.4 Å². The Morgan fingerprint density at radius 1 is 1.00 bits per heavy atom. The van der Waals surface area contributed by atoms with E-state index >= 15 is 0 Å². The Kier molecular flexibility index (Phi) is 9.88. The van der Waals surface area contributed by atoms with Crippen LogP contribution in [0.15, 0.2) is 64.2 Å². The lowest BCUT2D eigenvalue weighted by molar-refractivity contribution is -0.137. The van der Waals surface area contributed by atoms with Crippen LogP contribution in [0.5, 0.6) is 11.5 Å². The van der Waals surface area contributed by atoms with Crippen LogP contribution in [-0.2, 0) is 20.6 Å².